The summed E-state index contributed by atoms with van der Waals surface area (Å²) in [6.07, 6.45) is 8.22. The molecule has 3 nitrogen and oxygen atoms in total. The van der Waals surface area contributed by atoms with Crippen molar-refractivity contribution in [2.24, 2.45) is 16.7 Å². The molecule has 1 aromatic carbocycles. The zero-order valence-electron chi connectivity index (χ0n) is 17.1. The summed E-state index contributed by atoms with van der Waals surface area (Å²) in [6, 6.07) is 9.90. The topological polar surface area (TPSA) is 34.4 Å². The fraction of sp³-hybridized carbons (Fsp3) is 0.583. The number of methoxy groups -OCH3 is 1. The van der Waals surface area contributed by atoms with E-state index in [4.69, 9.17) is 20.8 Å². The minimum atomic E-state index is 0.291. The number of nitrogens with one attached hydrogen (secondary N) is 1. The molecular formula is C24H30ClNO2. The summed E-state index contributed by atoms with van der Waals surface area (Å²) < 4.78 is 11.4. The Morgan fingerprint density at radius 2 is 1.82 bits per heavy atom. The molecule has 2 atom stereocenters. The van der Waals surface area contributed by atoms with Gasteiger partial charge in [0.15, 0.2) is 0 Å². The van der Waals surface area contributed by atoms with Crippen LogP contribution in [0.5, 0.6) is 5.75 Å². The van der Waals surface area contributed by atoms with Crippen molar-refractivity contribution < 1.29 is 9.15 Å². The van der Waals surface area contributed by atoms with Crippen LogP contribution < -0.4 is 10.1 Å². The maximum atomic E-state index is 6.27. The normalized spacial score (nSPS) is 36.1. The van der Waals surface area contributed by atoms with Crippen LogP contribution in [-0.2, 0) is 6.54 Å². The minimum absolute atomic E-state index is 0.291. The van der Waals surface area contributed by atoms with Crippen molar-refractivity contribution in [2.45, 2.75) is 64.5 Å². The number of hydrogen-bond donors (Lipinski definition) is 1. The highest BCUT2D eigenvalue weighted by Gasteiger charge is 2.59. The second-order valence-corrected chi connectivity index (χ2v) is 10.8. The average molecular weight is 400 g/mol. The van der Waals surface area contributed by atoms with Gasteiger partial charge in [-0.15, -0.1) is 0 Å². The van der Waals surface area contributed by atoms with Gasteiger partial charge in [-0.3, -0.25) is 0 Å². The van der Waals surface area contributed by atoms with Gasteiger partial charge in [0.1, 0.15) is 17.3 Å². The molecule has 0 aliphatic heterocycles. The van der Waals surface area contributed by atoms with Crippen molar-refractivity contribution in [3.8, 4) is 17.1 Å². The molecule has 0 spiro atoms. The first-order valence-corrected chi connectivity index (χ1v) is 10.9. The van der Waals surface area contributed by atoms with E-state index < -0.39 is 0 Å². The van der Waals surface area contributed by atoms with Crippen LogP contribution in [0.25, 0.3) is 11.3 Å². The largest absolute Gasteiger partial charge is 0.495 e. The van der Waals surface area contributed by atoms with E-state index in [1.807, 2.05) is 24.3 Å². The van der Waals surface area contributed by atoms with Crippen molar-refractivity contribution in [1.82, 2.24) is 5.32 Å². The Kier molecular flexibility index (Phi) is 4.16. The SMILES string of the molecule is COc1ccc(-c2ccc(CNC34CC5CC(C)(CC(C)(C5)C3)C4)o2)cc1Cl. The monoisotopic (exact) mass is 399 g/mol. The van der Waals surface area contributed by atoms with Gasteiger partial charge < -0.3 is 14.5 Å². The van der Waals surface area contributed by atoms with Gasteiger partial charge in [-0.25, -0.2) is 0 Å². The number of benzene rings is 1. The van der Waals surface area contributed by atoms with Crippen LogP contribution in [0.15, 0.2) is 34.7 Å². The van der Waals surface area contributed by atoms with Crippen LogP contribution in [0.2, 0.25) is 5.02 Å². The number of hydrogen-bond acceptors (Lipinski definition) is 3. The van der Waals surface area contributed by atoms with E-state index in [9.17, 15) is 0 Å². The number of rotatable bonds is 5. The van der Waals surface area contributed by atoms with E-state index in [1.54, 1.807) is 7.11 Å². The van der Waals surface area contributed by atoms with Crippen LogP contribution in [0.3, 0.4) is 0 Å². The zero-order chi connectivity index (χ0) is 19.6. The van der Waals surface area contributed by atoms with Crippen molar-refractivity contribution in [2.75, 3.05) is 7.11 Å². The molecule has 4 bridgehead atoms. The van der Waals surface area contributed by atoms with Crippen molar-refractivity contribution >= 4 is 11.6 Å². The molecule has 1 N–H and O–H groups in total. The molecule has 4 aliphatic carbocycles. The lowest BCUT2D eigenvalue weighted by molar-refractivity contribution is -0.118. The lowest BCUT2D eigenvalue weighted by Crippen LogP contribution is -2.63. The smallest absolute Gasteiger partial charge is 0.137 e. The first-order chi connectivity index (χ1) is 13.3. The van der Waals surface area contributed by atoms with Gasteiger partial charge in [0.2, 0.25) is 0 Å². The Hall–Kier alpha value is -1.45. The van der Waals surface area contributed by atoms with Gasteiger partial charge >= 0.3 is 0 Å². The van der Waals surface area contributed by atoms with Crippen molar-refractivity contribution in [3.05, 3.63) is 41.1 Å². The Labute approximate surface area is 172 Å². The summed E-state index contributed by atoms with van der Waals surface area (Å²) in [5.74, 6) is 3.42. The summed E-state index contributed by atoms with van der Waals surface area (Å²) in [5, 5.41) is 4.55. The van der Waals surface area contributed by atoms with Crippen molar-refractivity contribution in [3.63, 3.8) is 0 Å². The van der Waals surface area contributed by atoms with E-state index in [-0.39, 0.29) is 0 Å². The summed E-state index contributed by atoms with van der Waals surface area (Å²) in [4.78, 5) is 0. The van der Waals surface area contributed by atoms with Crippen LogP contribution in [0.4, 0.5) is 0 Å². The predicted molar refractivity (Wildman–Crippen MR) is 113 cm³/mol. The molecule has 2 unspecified atom stereocenters. The molecule has 0 saturated heterocycles. The zero-order valence-corrected chi connectivity index (χ0v) is 17.9. The fourth-order valence-electron chi connectivity index (χ4n) is 7.37. The summed E-state index contributed by atoms with van der Waals surface area (Å²) in [5.41, 5.74) is 2.32. The Balaban J connectivity index is 1.31. The molecule has 6 rings (SSSR count). The van der Waals surface area contributed by atoms with E-state index in [0.29, 0.717) is 27.1 Å². The van der Waals surface area contributed by atoms with Gasteiger partial charge in [-0.05, 0) is 85.6 Å². The molecule has 2 aromatic rings. The predicted octanol–water partition coefficient (Wildman–Crippen LogP) is 6.45. The van der Waals surface area contributed by atoms with E-state index in [1.165, 1.54) is 38.5 Å². The molecule has 1 heterocycles. The van der Waals surface area contributed by atoms with Gasteiger partial charge in [0.05, 0.1) is 18.7 Å². The van der Waals surface area contributed by atoms with Gasteiger partial charge in [-0.2, -0.15) is 0 Å². The number of halogens is 1. The lowest BCUT2D eigenvalue weighted by Gasteiger charge is -2.65. The average Bonchev–Trinajstić information content (AvgIpc) is 3.06. The van der Waals surface area contributed by atoms with Crippen LogP contribution in [0.1, 0.15) is 58.1 Å². The molecule has 4 heteroatoms. The standard InChI is InChI=1S/C24H30ClNO2/c1-22-9-16-10-23(2,13-22)15-24(11-16,14-22)26-12-18-5-7-20(28-18)17-4-6-21(27-3)19(25)8-17/h4-8,16,26H,9-15H2,1-3H3. The maximum Gasteiger partial charge on any atom is 0.137 e. The summed E-state index contributed by atoms with van der Waals surface area (Å²) in [7, 11) is 1.63. The third-order valence-electron chi connectivity index (χ3n) is 7.36. The highest BCUT2D eigenvalue weighted by Crippen LogP contribution is 2.66. The third-order valence-corrected chi connectivity index (χ3v) is 7.66. The highest BCUT2D eigenvalue weighted by atomic mass is 35.5. The molecule has 0 radical (unpaired) electrons. The highest BCUT2D eigenvalue weighted by molar-refractivity contribution is 6.32. The third kappa shape index (κ3) is 3.17. The Morgan fingerprint density at radius 3 is 2.46 bits per heavy atom. The van der Waals surface area contributed by atoms with E-state index >= 15 is 0 Å². The van der Waals surface area contributed by atoms with Crippen LogP contribution >= 0.6 is 11.6 Å². The van der Waals surface area contributed by atoms with Crippen LogP contribution in [-0.4, -0.2) is 12.6 Å². The van der Waals surface area contributed by atoms with Gasteiger partial charge in [0.25, 0.3) is 0 Å². The molecule has 4 saturated carbocycles. The molecular weight excluding hydrogens is 370 g/mol. The quantitative estimate of drug-likeness (QED) is 0.627. The first kappa shape index (κ1) is 18.6. The number of furan rings is 1. The summed E-state index contributed by atoms with van der Waals surface area (Å²) in [6.45, 7) is 5.83. The molecule has 150 valence electrons. The second-order valence-electron chi connectivity index (χ2n) is 10.4. The molecule has 4 aliphatic rings. The lowest BCUT2D eigenvalue weighted by atomic mass is 9.43. The second kappa shape index (κ2) is 6.27. The van der Waals surface area contributed by atoms with Gasteiger partial charge in [0, 0.05) is 11.1 Å². The fourth-order valence-corrected chi connectivity index (χ4v) is 7.62. The maximum absolute atomic E-state index is 6.27. The Morgan fingerprint density at radius 1 is 1.07 bits per heavy atom. The Bertz CT molecular complexity index is 886. The van der Waals surface area contributed by atoms with Gasteiger partial charge in [-0.1, -0.05) is 25.4 Å². The molecule has 0 amide bonds. The summed E-state index contributed by atoms with van der Waals surface area (Å²) >= 11 is 6.27. The van der Waals surface area contributed by atoms with E-state index in [2.05, 4.69) is 25.2 Å². The molecule has 4 fully saturated rings. The van der Waals surface area contributed by atoms with Crippen LogP contribution in [0, 0.1) is 16.7 Å². The minimum Gasteiger partial charge on any atom is -0.495 e. The molecule has 28 heavy (non-hydrogen) atoms. The first-order valence-electron chi connectivity index (χ1n) is 10.5. The van der Waals surface area contributed by atoms with E-state index in [0.717, 1.165) is 29.5 Å². The molecule has 1 aromatic heterocycles. The number of ether oxygens (including phenoxy) is 1. The van der Waals surface area contributed by atoms with Crippen molar-refractivity contribution in [1.29, 1.82) is 0 Å².